The van der Waals surface area contributed by atoms with Crippen LogP contribution in [0.2, 0.25) is 0 Å². The predicted octanol–water partition coefficient (Wildman–Crippen LogP) is 6.16. The molecule has 1 aromatic heterocycles. The molecular weight excluding hydrogens is 355 g/mol. The lowest BCUT2D eigenvalue weighted by Gasteiger charge is -2.06. The lowest BCUT2D eigenvalue weighted by Crippen LogP contribution is -2.03. The number of rotatable bonds is 4. The maximum atomic E-state index is 12.7. The van der Waals surface area contributed by atoms with Crippen LogP contribution in [0.1, 0.15) is 21.7 Å². The van der Waals surface area contributed by atoms with Gasteiger partial charge in [0.05, 0.1) is 17.1 Å². The largest absolute Gasteiger partial charge is 0.416 e. The van der Waals surface area contributed by atoms with Gasteiger partial charge in [0.15, 0.2) is 0 Å². The molecule has 0 amide bonds. The highest BCUT2D eigenvalue weighted by atomic mass is 35.5. The summed E-state index contributed by atoms with van der Waals surface area (Å²) >= 11 is 7.43. The van der Waals surface area contributed by atoms with Gasteiger partial charge in [-0.05, 0) is 17.7 Å². The summed E-state index contributed by atoms with van der Waals surface area (Å²) in [5, 5.41) is 0.685. The SMILES string of the molecule is FC(F)(F)c1ccc(-c2nc(Cc3ccccc3)c(CCl)s2)cc1. The van der Waals surface area contributed by atoms with Crippen LogP contribution in [0, 0.1) is 0 Å². The lowest BCUT2D eigenvalue weighted by atomic mass is 10.1. The van der Waals surface area contributed by atoms with Gasteiger partial charge in [0.2, 0.25) is 0 Å². The van der Waals surface area contributed by atoms with Crippen LogP contribution in [-0.2, 0) is 18.5 Å². The molecule has 0 spiro atoms. The van der Waals surface area contributed by atoms with E-state index in [1.54, 1.807) is 0 Å². The van der Waals surface area contributed by atoms with E-state index in [0.29, 0.717) is 22.9 Å². The van der Waals surface area contributed by atoms with Gasteiger partial charge in [-0.1, -0.05) is 42.5 Å². The van der Waals surface area contributed by atoms with Crippen molar-refractivity contribution in [2.45, 2.75) is 18.5 Å². The maximum absolute atomic E-state index is 12.7. The first-order valence-corrected chi connectivity index (χ1v) is 8.58. The second-order valence-electron chi connectivity index (χ2n) is 5.26. The summed E-state index contributed by atoms with van der Waals surface area (Å²) in [7, 11) is 0. The third-order valence-corrected chi connectivity index (χ3v) is 5.15. The fourth-order valence-corrected chi connectivity index (χ4v) is 3.59. The van der Waals surface area contributed by atoms with E-state index >= 15 is 0 Å². The summed E-state index contributed by atoms with van der Waals surface area (Å²) in [6, 6.07) is 14.9. The molecule has 3 aromatic rings. The average molecular weight is 368 g/mol. The standard InChI is InChI=1S/C18H13ClF3NS/c19-11-16-15(10-12-4-2-1-3-5-12)23-17(24-16)13-6-8-14(9-7-13)18(20,21)22/h1-9H,10-11H2. The summed E-state index contributed by atoms with van der Waals surface area (Å²) in [5.74, 6) is 0.334. The van der Waals surface area contributed by atoms with Gasteiger partial charge in [0.1, 0.15) is 5.01 Å². The van der Waals surface area contributed by atoms with Crippen molar-refractivity contribution < 1.29 is 13.2 Å². The number of halogens is 4. The molecule has 1 nitrogen and oxygen atoms in total. The zero-order valence-corrected chi connectivity index (χ0v) is 14.1. The second-order valence-corrected chi connectivity index (χ2v) is 6.61. The molecule has 0 atom stereocenters. The van der Waals surface area contributed by atoms with Crippen molar-refractivity contribution in [2.24, 2.45) is 0 Å². The van der Waals surface area contributed by atoms with Crippen LogP contribution in [0.5, 0.6) is 0 Å². The minimum absolute atomic E-state index is 0.334. The van der Waals surface area contributed by atoms with Gasteiger partial charge in [-0.15, -0.1) is 22.9 Å². The van der Waals surface area contributed by atoms with Crippen LogP contribution in [0.3, 0.4) is 0 Å². The van der Waals surface area contributed by atoms with Gasteiger partial charge >= 0.3 is 6.18 Å². The van der Waals surface area contributed by atoms with E-state index in [2.05, 4.69) is 4.98 Å². The molecule has 0 bridgehead atoms. The Kier molecular flexibility index (Phi) is 4.92. The zero-order valence-electron chi connectivity index (χ0n) is 12.5. The van der Waals surface area contributed by atoms with Crippen LogP contribution in [-0.4, -0.2) is 4.98 Å². The van der Waals surface area contributed by atoms with E-state index in [1.807, 2.05) is 30.3 Å². The van der Waals surface area contributed by atoms with Crippen molar-refractivity contribution >= 4 is 22.9 Å². The Hall–Kier alpha value is -1.85. The first kappa shape index (κ1) is 17.0. The fraction of sp³-hybridized carbons (Fsp3) is 0.167. The number of benzene rings is 2. The Balaban J connectivity index is 1.89. The molecule has 0 aliphatic heterocycles. The van der Waals surface area contributed by atoms with Crippen LogP contribution < -0.4 is 0 Å². The number of nitrogens with zero attached hydrogens (tertiary/aromatic N) is 1. The van der Waals surface area contributed by atoms with Gasteiger partial charge < -0.3 is 0 Å². The van der Waals surface area contributed by atoms with E-state index in [4.69, 9.17) is 11.6 Å². The summed E-state index contributed by atoms with van der Waals surface area (Å²) < 4.78 is 38.0. The molecule has 0 radical (unpaired) electrons. The molecule has 0 N–H and O–H groups in total. The summed E-state index contributed by atoms with van der Waals surface area (Å²) in [4.78, 5) is 5.53. The van der Waals surface area contributed by atoms with Crippen molar-refractivity contribution in [1.29, 1.82) is 0 Å². The van der Waals surface area contributed by atoms with Crippen molar-refractivity contribution in [3.8, 4) is 10.6 Å². The molecule has 0 saturated heterocycles. The van der Waals surface area contributed by atoms with Crippen LogP contribution in [0.25, 0.3) is 10.6 Å². The fourth-order valence-electron chi connectivity index (χ4n) is 2.34. The van der Waals surface area contributed by atoms with E-state index in [-0.39, 0.29) is 0 Å². The van der Waals surface area contributed by atoms with Crippen molar-refractivity contribution in [3.05, 3.63) is 76.3 Å². The maximum Gasteiger partial charge on any atom is 0.416 e. The molecule has 0 aliphatic rings. The van der Waals surface area contributed by atoms with Gasteiger partial charge in [-0.2, -0.15) is 13.2 Å². The van der Waals surface area contributed by atoms with E-state index in [1.165, 1.54) is 23.5 Å². The molecule has 0 saturated carbocycles. The van der Waals surface area contributed by atoms with Crippen molar-refractivity contribution in [3.63, 3.8) is 0 Å². The molecule has 124 valence electrons. The number of hydrogen-bond donors (Lipinski definition) is 0. The molecule has 0 fully saturated rings. The third kappa shape index (κ3) is 3.79. The average Bonchev–Trinajstić information content (AvgIpc) is 2.98. The highest BCUT2D eigenvalue weighted by molar-refractivity contribution is 7.15. The van der Waals surface area contributed by atoms with Crippen molar-refractivity contribution in [1.82, 2.24) is 4.98 Å². The molecule has 6 heteroatoms. The van der Waals surface area contributed by atoms with Gasteiger partial charge in [-0.25, -0.2) is 4.98 Å². The Morgan fingerprint density at radius 3 is 2.21 bits per heavy atom. The van der Waals surface area contributed by atoms with E-state index < -0.39 is 11.7 Å². The Bertz CT molecular complexity index is 811. The molecule has 0 unspecified atom stereocenters. The van der Waals surface area contributed by atoms with Gasteiger partial charge in [0.25, 0.3) is 0 Å². The monoisotopic (exact) mass is 367 g/mol. The van der Waals surface area contributed by atoms with E-state index in [0.717, 1.165) is 28.3 Å². The first-order valence-electron chi connectivity index (χ1n) is 7.23. The molecular formula is C18H13ClF3NS. The summed E-state index contributed by atoms with van der Waals surface area (Å²) in [6.07, 6.45) is -3.68. The molecule has 1 heterocycles. The molecule has 2 aromatic carbocycles. The quantitative estimate of drug-likeness (QED) is 0.503. The summed E-state index contributed by atoms with van der Waals surface area (Å²) in [6.45, 7) is 0. The smallest absolute Gasteiger partial charge is 0.240 e. The Labute approximate surface area is 146 Å². The van der Waals surface area contributed by atoms with Crippen LogP contribution >= 0.6 is 22.9 Å². The predicted molar refractivity (Wildman–Crippen MR) is 91.4 cm³/mol. The normalized spacial score (nSPS) is 11.7. The minimum Gasteiger partial charge on any atom is -0.240 e. The highest BCUT2D eigenvalue weighted by Crippen LogP contribution is 2.34. The topological polar surface area (TPSA) is 12.9 Å². The Morgan fingerprint density at radius 1 is 0.958 bits per heavy atom. The lowest BCUT2D eigenvalue weighted by molar-refractivity contribution is -0.137. The minimum atomic E-state index is -4.33. The van der Waals surface area contributed by atoms with Crippen LogP contribution in [0.15, 0.2) is 54.6 Å². The van der Waals surface area contributed by atoms with E-state index in [9.17, 15) is 13.2 Å². The van der Waals surface area contributed by atoms with Gasteiger partial charge in [-0.3, -0.25) is 0 Å². The molecule has 3 rings (SSSR count). The molecule has 24 heavy (non-hydrogen) atoms. The zero-order chi connectivity index (χ0) is 17.2. The van der Waals surface area contributed by atoms with Crippen molar-refractivity contribution in [2.75, 3.05) is 0 Å². The summed E-state index contributed by atoms with van der Waals surface area (Å²) in [5.41, 5.74) is 1.99. The number of thiazole rings is 1. The molecule has 0 aliphatic carbocycles. The third-order valence-electron chi connectivity index (χ3n) is 3.57. The number of hydrogen-bond acceptors (Lipinski definition) is 2. The van der Waals surface area contributed by atoms with Crippen LogP contribution in [0.4, 0.5) is 13.2 Å². The second kappa shape index (κ2) is 6.95. The highest BCUT2D eigenvalue weighted by Gasteiger charge is 2.30. The number of aromatic nitrogens is 1. The number of alkyl halides is 4. The van der Waals surface area contributed by atoms with Gasteiger partial charge in [0, 0.05) is 16.9 Å². The first-order chi connectivity index (χ1) is 11.5. The Morgan fingerprint density at radius 2 is 1.62 bits per heavy atom.